The average molecular weight is 651 g/mol. The van der Waals surface area contributed by atoms with Crippen molar-refractivity contribution < 1.29 is 23.9 Å². The van der Waals surface area contributed by atoms with E-state index in [9.17, 15) is 14.4 Å². The van der Waals surface area contributed by atoms with Gasteiger partial charge >= 0.3 is 5.97 Å². The van der Waals surface area contributed by atoms with Gasteiger partial charge in [-0.05, 0) is 82.7 Å². The normalized spacial score (nSPS) is 10.6. The lowest BCUT2D eigenvalue weighted by molar-refractivity contribution is 0.0732. The van der Waals surface area contributed by atoms with Crippen LogP contribution in [0.4, 0.5) is 5.69 Å². The van der Waals surface area contributed by atoms with Crippen LogP contribution in [0.3, 0.4) is 0 Å². The number of nitrogens with one attached hydrogen (secondary N) is 2. The zero-order valence-electron chi connectivity index (χ0n) is 20.5. The summed E-state index contributed by atoms with van der Waals surface area (Å²) in [4.78, 5) is 37.9. The minimum absolute atomic E-state index is 0.244. The second kappa shape index (κ2) is 13.0. The summed E-state index contributed by atoms with van der Waals surface area (Å²) in [7, 11) is 1.55. The predicted molar refractivity (Wildman–Crippen MR) is 156 cm³/mol. The Kier molecular flexibility index (Phi) is 9.24. The van der Waals surface area contributed by atoms with Crippen molar-refractivity contribution in [2.45, 2.75) is 0 Å². The third-order valence-electron chi connectivity index (χ3n) is 5.35. The number of amides is 2. The first-order valence-electron chi connectivity index (χ1n) is 11.5. The molecule has 0 aliphatic carbocycles. The highest BCUT2D eigenvalue weighted by Crippen LogP contribution is 2.32. The Morgan fingerprint density at radius 1 is 0.795 bits per heavy atom. The van der Waals surface area contributed by atoms with E-state index in [4.69, 9.17) is 9.47 Å². The molecule has 0 aromatic heterocycles. The number of methoxy groups -OCH3 is 1. The summed E-state index contributed by atoms with van der Waals surface area (Å²) in [5.41, 5.74) is 4.46. The molecule has 0 bridgehead atoms. The summed E-state index contributed by atoms with van der Waals surface area (Å²) < 4.78 is 11.9. The van der Waals surface area contributed by atoms with Gasteiger partial charge in [0.15, 0.2) is 5.75 Å². The summed E-state index contributed by atoms with van der Waals surface area (Å²) in [6.07, 6.45) is 1.37. The molecular formula is C29H21Br2N3O5. The van der Waals surface area contributed by atoms with E-state index < -0.39 is 11.9 Å². The topological polar surface area (TPSA) is 106 Å². The Labute approximate surface area is 241 Å². The van der Waals surface area contributed by atoms with Crippen molar-refractivity contribution in [3.05, 3.63) is 122 Å². The molecule has 4 aromatic rings. The van der Waals surface area contributed by atoms with Crippen LogP contribution >= 0.6 is 31.9 Å². The van der Waals surface area contributed by atoms with Crippen LogP contribution in [0.15, 0.2) is 105 Å². The monoisotopic (exact) mass is 649 g/mol. The highest BCUT2D eigenvalue weighted by molar-refractivity contribution is 9.11. The second-order valence-electron chi connectivity index (χ2n) is 8.02. The highest BCUT2D eigenvalue weighted by atomic mass is 79.9. The zero-order valence-corrected chi connectivity index (χ0v) is 23.7. The van der Waals surface area contributed by atoms with Crippen LogP contribution in [0.2, 0.25) is 0 Å². The molecule has 0 aliphatic heterocycles. The van der Waals surface area contributed by atoms with Gasteiger partial charge in [0.25, 0.3) is 11.8 Å². The molecule has 0 radical (unpaired) electrons. The van der Waals surface area contributed by atoms with Gasteiger partial charge in [0.1, 0.15) is 5.75 Å². The Balaban J connectivity index is 1.44. The number of carbonyl (C=O) groups is 3. The predicted octanol–water partition coefficient (Wildman–Crippen LogP) is 6.46. The number of ether oxygens (including phenoxy) is 2. The molecule has 196 valence electrons. The number of benzene rings is 4. The number of anilines is 1. The van der Waals surface area contributed by atoms with E-state index in [1.54, 1.807) is 92.0 Å². The molecule has 2 amide bonds. The molecule has 0 atom stereocenters. The van der Waals surface area contributed by atoms with Gasteiger partial charge in [-0.2, -0.15) is 5.10 Å². The van der Waals surface area contributed by atoms with Crippen LogP contribution in [0, 0.1) is 0 Å². The molecule has 2 N–H and O–H groups in total. The number of nitrogens with zero attached hydrogens (tertiary/aromatic N) is 1. The highest BCUT2D eigenvalue weighted by Gasteiger charge is 2.15. The first kappa shape index (κ1) is 27.7. The van der Waals surface area contributed by atoms with E-state index in [0.717, 1.165) is 0 Å². The van der Waals surface area contributed by atoms with E-state index in [0.29, 0.717) is 37.1 Å². The number of hydrogen-bond donors (Lipinski definition) is 2. The van der Waals surface area contributed by atoms with Gasteiger partial charge in [-0.15, -0.1) is 0 Å². The van der Waals surface area contributed by atoms with Gasteiger partial charge in [0, 0.05) is 26.9 Å². The van der Waals surface area contributed by atoms with Gasteiger partial charge in [-0.3, -0.25) is 9.59 Å². The van der Waals surface area contributed by atoms with E-state index in [1.165, 1.54) is 12.3 Å². The first-order chi connectivity index (χ1) is 18.8. The molecule has 39 heavy (non-hydrogen) atoms. The van der Waals surface area contributed by atoms with Crippen molar-refractivity contribution in [3.8, 4) is 11.5 Å². The van der Waals surface area contributed by atoms with Crippen LogP contribution in [-0.2, 0) is 0 Å². The van der Waals surface area contributed by atoms with Gasteiger partial charge in [0.2, 0.25) is 0 Å². The van der Waals surface area contributed by atoms with E-state index >= 15 is 0 Å². The Morgan fingerprint density at radius 3 is 2.23 bits per heavy atom. The van der Waals surface area contributed by atoms with Gasteiger partial charge < -0.3 is 14.8 Å². The fraction of sp³-hybridized carbons (Fsp3) is 0.0345. The van der Waals surface area contributed by atoms with E-state index in [-0.39, 0.29) is 17.2 Å². The summed E-state index contributed by atoms with van der Waals surface area (Å²) in [6, 6.07) is 25.1. The zero-order chi connectivity index (χ0) is 27.8. The molecule has 8 nitrogen and oxygen atoms in total. The van der Waals surface area contributed by atoms with Crippen molar-refractivity contribution >= 4 is 61.5 Å². The lowest BCUT2D eigenvalue weighted by atomic mass is 10.1. The second-order valence-corrected chi connectivity index (χ2v) is 9.79. The molecular weight excluding hydrogens is 630 g/mol. The molecule has 0 aliphatic rings. The molecule has 0 fully saturated rings. The van der Waals surface area contributed by atoms with E-state index in [1.807, 2.05) is 0 Å². The maximum absolute atomic E-state index is 12.7. The van der Waals surface area contributed by atoms with Crippen molar-refractivity contribution in [3.63, 3.8) is 0 Å². The van der Waals surface area contributed by atoms with Crippen LogP contribution in [-0.4, -0.2) is 31.1 Å². The number of esters is 1. The number of halogens is 2. The van der Waals surface area contributed by atoms with Crippen LogP contribution in [0.25, 0.3) is 0 Å². The Bertz CT molecular complexity index is 1540. The minimum Gasteiger partial charge on any atom is -0.497 e. The van der Waals surface area contributed by atoms with Crippen LogP contribution in [0.5, 0.6) is 11.5 Å². The van der Waals surface area contributed by atoms with Crippen molar-refractivity contribution in [2.24, 2.45) is 5.10 Å². The van der Waals surface area contributed by atoms with Crippen LogP contribution < -0.4 is 20.2 Å². The van der Waals surface area contributed by atoms with Crippen LogP contribution in [0.1, 0.15) is 36.6 Å². The summed E-state index contributed by atoms with van der Waals surface area (Å²) >= 11 is 6.82. The van der Waals surface area contributed by atoms with Crippen molar-refractivity contribution in [2.75, 3.05) is 12.4 Å². The molecule has 0 saturated carbocycles. The quantitative estimate of drug-likeness (QED) is 0.0986. The Morgan fingerprint density at radius 2 is 1.51 bits per heavy atom. The summed E-state index contributed by atoms with van der Waals surface area (Å²) in [5.74, 6) is -0.476. The van der Waals surface area contributed by atoms with Crippen molar-refractivity contribution in [1.82, 2.24) is 5.43 Å². The first-order valence-corrected chi connectivity index (χ1v) is 13.1. The van der Waals surface area contributed by atoms with Gasteiger partial charge in [-0.25, -0.2) is 10.2 Å². The summed E-state index contributed by atoms with van der Waals surface area (Å²) in [5, 5.41) is 6.81. The molecule has 10 heteroatoms. The fourth-order valence-electron chi connectivity index (χ4n) is 3.42. The molecule has 4 rings (SSSR count). The largest absolute Gasteiger partial charge is 0.497 e. The van der Waals surface area contributed by atoms with Gasteiger partial charge in [-0.1, -0.05) is 40.2 Å². The van der Waals surface area contributed by atoms with Gasteiger partial charge in [0.05, 0.1) is 23.4 Å². The molecule has 4 aromatic carbocycles. The molecule has 0 spiro atoms. The Hall–Kier alpha value is -4.28. The third-order valence-corrected chi connectivity index (χ3v) is 6.39. The SMILES string of the molecule is COc1ccc(C(=O)Nc2cccc(C(=O)NN=Cc3cc(Br)cc(Br)c3OC(=O)c3ccccc3)c2)cc1. The average Bonchev–Trinajstić information content (AvgIpc) is 2.95. The molecule has 0 heterocycles. The minimum atomic E-state index is -0.536. The lowest BCUT2D eigenvalue weighted by Crippen LogP contribution is -2.18. The standard InChI is InChI=1S/C29H21Br2N3O5/c1-38-24-12-10-18(11-13-24)27(35)33-23-9-5-8-20(15-23)28(36)34-32-17-21-14-22(30)16-25(31)26(21)39-29(37)19-6-3-2-4-7-19/h2-17H,1H3,(H,33,35)(H,34,36). The number of carbonyl (C=O) groups excluding carboxylic acids is 3. The third kappa shape index (κ3) is 7.40. The maximum atomic E-state index is 12.7. The smallest absolute Gasteiger partial charge is 0.343 e. The molecule has 0 saturated heterocycles. The summed E-state index contributed by atoms with van der Waals surface area (Å²) in [6.45, 7) is 0. The number of hydrogen-bond acceptors (Lipinski definition) is 6. The number of rotatable bonds is 8. The molecule has 0 unspecified atom stereocenters. The van der Waals surface area contributed by atoms with Crippen molar-refractivity contribution in [1.29, 1.82) is 0 Å². The fourth-order valence-corrected chi connectivity index (χ4v) is 4.76. The maximum Gasteiger partial charge on any atom is 0.343 e. The lowest BCUT2D eigenvalue weighted by Gasteiger charge is -2.10. The van der Waals surface area contributed by atoms with E-state index in [2.05, 4.69) is 47.7 Å². The number of hydrazone groups is 1.